The van der Waals surface area contributed by atoms with Crippen molar-refractivity contribution in [2.45, 2.75) is 0 Å². The molecule has 1 amide bonds. The average Bonchev–Trinajstić information content (AvgIpc) is 2.48. The Kier molecular flexibility index (Phi) is 4.41. The summed E-state index contributed by atoms with van der Waals surface area (Å²) in [5, 5.41) is 1.45. The van der Waals surface area contributed by atoms with Gasteiger partial charge in [0, 0.05) is 24.7 Å². The van der Waals surface area contributed by atoms with Gasteiger partial charge in [0.05, 0.1) is 6.16 Å². The summed E-state index contributed by atoms with van der Waals surface area (Å²) in [4.78, 5) is 13.5. The van der Waals surface area contributed by atoms with Gasteiger partial charge >= 0.3 is 0 Å². The molecule has 0 aliphatic carbocycles. The van der Waals surface area contributed by atoms with E-state index in [2.05, 4.69) is 0 Å². The smallest absolute Gasteiger partial charge is 0.230 e. The molecule has 4 heteroatoms. The molecule has 0 fully saturated rings. The van der Waals surface area contributed by atoms with Crippen LogP contribution in [0.2, 0.25) is 0 Å². The number of hydrogen-bond donors (Lipinski definition) is 0. The molecule has 0 bridgehead atoms. The predicted molar refractivity (Wildman–Crippen MR) is 83.3 cm³/mol. The Morgan fingerprint density at radius 3 is 1.65 bits per heavy atom. The summed E-state index contributed by atoms with van der Waals surface area (Å²) in [6.45, 7) is 0. The van der Waals surface area contributed by atoms with Crippen molar-refractivity contribution in [1.82, 2.24) is 4.90 Å². The molecule has 0 spiro atoms. The van der Waals surface area contributed by atoms with Gasteiger partial charge in [-0.1, -0.05) is 60.7 Å². The molecule has 20 heavy (non-hydrogen) atoms. The summed E-state index contributed by atoms with van der Waals surface area (Å²) in [6.07, 6.45) is 0.0219. The molecule has 0 aliphatic heterocycles. The van der Waals surface area contributed by atoms with Crippen molar-refractivity contribution in [3.05, 3.63) is 60.7 Å². The monoisotopic (exact) mass is 287 g/mol. The molecule has 3 nitrogen and oxygen atoms in total. The number of rotatable bonds is 4. The first-order valence-electron chi connectivity index (χ1n) is 6.44. The highest BCUT2D eigenvalue weighted by atomic mass is 31.2. The van der Waals surface area contributed by atoms with E-state index in [0.29, 0.717) is 0 Å². The summed E-state index contributed by atoms with van der Waals surface area (Å²) in [6, 6.07) is 18.5. The molecule has 0 heterocycles. The lowest BCUT2D eigenvalue weighted by Gasteiger charge is -2.20. The fourth-order valence-corrected chi connectivity index (χ4v) is 4.64. The van der Waals surface area contributed by atoms with Crippen LogP contribution in [0.25, 0.3) is 0 Å². The van der Waals surface area contributed by atoms with Crippen LogP contribution in [0, 0.1) is 0 Å². The van der Waals surface area contributed by atoms with Gasteiger partial charge in [0.25, 0.3) is 0 Å². The van der Waals surface area contributed by atoms with E-state index >= 15 is 0 Å². The zero-order chi connectivity index (χ0) is 14.6. The van der Waals surface area contributed by atoms with E-state index in [0.717, 1.165) is 10.6 Å². The molecule has 0 radical (unpaired) electrons. The minimum atomic E-state index is -2.93. The van der Waals surface area contributed by atoms with Crippen LogP contribution in [0.3, 0.4) is 0 Å². The summed E-state index contributed by atoms with van der Waals surface area (Å²) in [5.74, 6) is -0.124. The lowest BCUT2D eigenvalue weighted by molar-refractivity contribution is -0.125. The van der Waals surface area contributed by atoms with E-state index in [4.69, 9.17) is 0 Å². The van der Waals surface area contributed by atoms with Crippen molar-refractivity contribution in [1.29, 1.82) is 0 Å². The second-order valence-electron chi connectivity index (χ2n) is 4.86. The SMILES string of the molecule is CN(C)C(=O)CP(=O)(c1ccccc1)c1ccccc1. The number of carbonyl (C=O) groups is 1. The Bertz CT molecular complexity index is 580. The fraction of sp³-hybridized carbons (Fsp3) is 0.188. The van der Waals surface area contributed by atoms with E-state index in [9.17, 15) is 9.36 Å². The van der Waals surface area contributed by atoms with Crippen molar-refractivity contribution in [3.63, 3.8) is 0 Å². The summed E-state index contributed by atoms with van der Waals surface area (Å²) in [7, 11) is 0.441. The van der Waals surface area contributed by atoms with Crippen LogP contribution in [0.5, 0.6) is 0 Å². The topological polar surface area (TPSA) is 37.4 Å². The van der Waals surface area contributed by atoms with Crippen molar-refractivity contribution in [2.75, 3.05) is 20.3 Å². The van der Waals surface area contributed by atoms with E-state index in [1.165, 1.54) is 4.90 Å². The molecule has 0 saturated heterocycles. The molecule has 0 saturated carbocycles. The molecular weight excluding hydrogens is 269 g/mol. The van der Waals surface area contributed by atoms with Gasteiger partial charge in [0.1, 0.15) is 0 Å². The van der Waals surface area contributed by atoms with E-state index in [1.54, 1.807) is 14.1 Å². The molecule has 104 valence electrons. The molecule has 2 rings (SSSR count). The van der Waals surface area contributed by atoms with Crippen molar-refractivity contribution in [3.8, 4) is 0 Å². The number of hydrogen-bond acceptors (Lipinski definition) is 2. The lowest BCUT2D eigenvalue weighted by atomic mass is 10.4. The Morgan fingerprint density at radius 2 is 1.30 bits per heavy atom. The van der Waals surface area contributed by atoms with Gasteiger partial charge in [-0.3, -0.25) is 4.79 Å². The van der Waals surface area contributed by atoms with Crippen LogP contribution in [-0.4, -0.2) is 31.1 Å². The minimum Gasteiger partial charge on any atom is -0.348 e. The summed E-state index contributed by atoms with van der Waals surface area (Å²) >= 11 is 0. The minimum absolute atomic E-state index is 0.0219. The highest BCUT2D eigenvalue weighted by Gasteiger charge is 2.30. The molecule has 0 aliphatic rings. The molecule has 0 N–H and O–H groups in total. The third-order valence-electron chi connectivity index (χ3n) is 3.20. The maximum Gasteiger partial charge on any atom is 0.230 e. The maximum absolute atomic E-state index is 13.5. The lowest BCUT2D eigenvalue weighted by Crippen LogP contribution is -2.30. The normalized spacial score (nSPS) is 11.1. The van der Waals surface area contributed by atoms with Crippen LogP contribution in [0.1, 0.15) is 0 Å². The van der Waals surface area contributed by atoms with Crippen LogP contribution >= 0.6 is 7.14 Å². The quantitative estimate of drug-likeness (QED) is 0.808. The first kappa shape index (κ1) is 14.5. The zero-order valence-corrected chi connectivity index (χ0v) is 12.6. The van der Waals surface area contributed by atoms with Crippen molar-refractivity contribution in [2.24, 2.45) is 0 Å². The molecule has 0 atom stereocenters. The van der Waals surface area contributed by atoms with Gasteiger partial charge in [-0.2, -0.15) is 0 Å². The number of nitrogens with zero attached hydrogens (tertiary/aromatic N) is 1. The highest BCUT2D eigenvalue weighted by Crippen LogP contribution is 2.43. The first-order chi connectivity index (χ1) is 9.54. The Balaban J connectivity index is 2.50. The van der Waals surface area contributed by atoms with Crippen LogP contribution in [-0.2, 0) is 9.36 Å². The molecular formula is C16H18NO2P. The van der Waals surface area contributed by atoms with Gasteiger partial charge < -0.3 is 9.46 Å². The number of amides is 1. The molecule has 2 aromatic carbocycles. The standard InChI is InChI=1S/C16H18NO2P/c1-17(2)16(18)13-20(19,14-9-5-3-6-10-14)15-11-7-4-8-12-15/h3-12H,13H2,1-2H3. The van der Waals surface area contributed by atoms with E-state index in [1.807, 2.05) is 60.7 Å². The van der Waals surface area contributed by atoms with Gasteiger partial charge in [-0.05, 0) is 0 Å². The second kappa shape index (κ2) is 6.06. The van der Waals surface area contributed by atoms with Gasteiger partial charge in [-0.25, -0.2) is 0 Å². The first-order valence-corrected chi connectivity index (χ1v) is 8.34. The largest absolute Gasteiger partial charge is 0.348 e. The highest BCUT2D eigenvalue weighted by molar-refractivity contribution is 7.79. The van der Waals surface area contributed by atoms with Crippen molar-refractivity contribution >= 4 is 23.7 Å². The Labute approximate surface area is 119 Å². The molecule has 0 unspecified atom stereocenters. The van der Waals surface area contributed by atoms with Crippen molar-refractivity contribution < 1.29 is 9.36 Å². The number of benzene rings is 2. The number of carbonyl (C=O) groups excluding carboxylic acids is 1. The average molecular weight is 287 g/mol. The summed E-state index contributed by atoms with van der Waals surface area (Å²) in [5.41, 5.74) is 0. The maximum atomic E-state index is 13.5. The third kappa shape index (κ3) is 3.00. The fourth-order valence-electron chi connectivity index (χ4n) is 2.00. The summed E-state index contributed by atoms with van der Waals surface area (Å²) < 4.78 is 13.5. The van der Waals surface area contributed by atoms with Gasteiger partial charge in [0.15, 0.2) is 7.14 Å². The zero-order valence-electron chi connectivity index (χ0n) is 11.7. The predicted octanol–water partition coefficient (Wildman–Crippen LogP) is 2.09. The molecule has 0 aromatic heterocycles. The van der Waals surface area contributed by atoms with Crippen LogP contribution < -0.4 is 10.6 Å². The Morgan fingerprint density at radius 1 is 0.900 bits per heavy atom. The Hall–Kier alpha value is -1.86. The van der Waals surface area contributed by atoms with Crippen LogP contribution in [0.4, 0.5) is 0 Å². The second-order valence-corrected chi connectivity index (χ2v) is 7.69. The third-order valence-corrected chi connectivity index (χ3v) is 6.18. The van der Waals surface area contributed by atoms with Crippen LogP contribution in [0.15, 0.2) is 60.7 Å². The van der Waals surface area contributed by atoms with E-state index < -0.39 is 7.14 Å². The van der Waals surface area contributed by atoms with Gasteiger partial charge in [0.2, 0.25) is 5.91 Å². The molecule has 2 aromatic rings. The van der Waals surface area contributed by atoms with E-state index in [-0.39, 0.29) is 12.1 Å². The van der Waals surface area contributed by atoms with Gasteiger partial charge in [-0.15, -0.1) is 0 Å².